The summed E-state index contributed by atoms with van der Waals surface area (Å²) in [6.45, 7) is 4.93. The molecular formula is C20H28O15. The molecule has 15 nitrogen and oxygen atoms in total. The van der Waals surface area contributed by atoms with Gasteiger partial charge in [-0.2, -0.15) is 0 Å². The third-order valence-electron chi connectivity index (χ3n) is 3.81. The Labute approximate surface area is 199 Å². The van der Waals surface area contributed by atoms with Crippen LogP contribution in [0.2, 0.25) is 0 Å². The van der Waals surface area contributed by atoms with E-state index in [0.29, 0.717) is 0 Å². The molecular weight excluding hydrogens is 480 g/mol. The highest BCUT2D eigenvalue weighted by molar-refractivity contribution is 5.93. The van der Waals surface area contributed by atoms with Gasteiger partial charge in [-0.3, -0.25) is 9.59 Å². The van der Waals surface area contributed by atoms with Crippen molar-refractivity contribution in [2.45, 2.75) is 71.6 Å². The number of esters is 5. The number of hydrogen-bond acceptors (Lipinski definition) is 13. The standard InChI is InChI=1S/C20H28O15/c1-9(7-30-10(2)17(24)25)32-16(23)8-31-14(21)6-15(22)33-12(4)19(28)35-13(5)20(29)34-11(3)18(26)27/h9-13H,6-8H2,1-5H3,(H,24,25)(H,26,27). The summed E-state index contributed by atoms with van der Waals surface area (Å²) in [7, 11) is 0. The molecule has 5 unspecified atom stereocenters. The van der Waals surface area contributed by atoms with E-state index in [-0.39, 0.29) is 6.61 Å². The lowest BCUT2D eigenvalue weighted by Crippen LogP contribution is -2.35. The van der Waals surface area contributed by atoms with Crippen LogP contribution in [0.3, 0.4) is 0 Å². The van der Waals surface area contributed by atoms with Crippen molar-refractivity contribution >= 4 is 41.8 Å². The highest BCUT2D eigenvalue weighted by Gasteiger charge is 2.28. The summed E-state index contributed by atoms with van der Waals surface area (Å²) >= 11 is 0. The van der Waals surface area contributed by atoms with Gasteiger partial charge in [-0.1, -0.05) is 0 Å². The van der Waals surface area contributed by atoms with Gasteiger partial charge in [0, 0.05) is 0 Å². The van der Waals surface area contributed by atoms with Crippen molar-refractivity contribution in [2.75, 3.05) is 13.2 Å². The van der Waals surface area contributed by atoms with Crippen LogP contribution in [-0.4, -0.2) is 95.7 Å². The molecule has 0 aromatic heterocycles. The van der Waals surface area contributed by atoms with Crippen molar-refractivity contribution < 1.29 is 72.2 Å². The SMILES string of the molecule is CC(COC(C)C(=O)O)OC(=O)COC(=O)CC(=O)OC(C)C(=O)OC(C)C(=O)OC(C)C(=O)O. The first-order chi connectivity index (χ1) is 16.1. The molecule has 2 N–H and O–H groups in total. The predicted octanol–water partition coefficient (Wildman–Crippen LogP) is -0.779. The molecule has 0 fully saturated rings. The Morgan fingerprint density at radius 3 is 1.60 bits per heavy atom. The van der Waals surface area contributed by atoms with Gasteiger partial charge < -0.3 is 38.6 Å². The maximum Gasteiger partial charge on any atom is 0.347 e. The second-order valence-corrected chi connectivity index (χ2v) is 7.08. The molecule has 0 saturated heterocycles. The first kappa shape index (κ1) is 31.2. The molecule has 0 heterocycles. The summed E-state index contributed by atoms with van der Waals surface area (Å²) < 4.78 is 28.3. The number of carbonyl (C=O) groups excluding carboxylic acids is 5. The topological polar surface area (TPSA) is 215 Å². The van der Waals surface area contributed by atoms with E-state index in [4.69, 9.17) is 24.4 Å². The maximum atomic E-state index is 11.9. The number of rotatable bonds is 15. The van der Waals surface area contributed by atoms with Crippen molar-refractivity contribution in [2.24, 2.45) is 0 Å². The highest BCUT2D eigenvalue weighted by atomic mass is 16.6. The summed E-state index contributed by atoms with van der Waals surface area (Å²) in [6.07, 6.45) is -7.43. The zero-order valence-electron chi connectivity index (χ0n) is 19.7. The van der Waals surface area contributed by atoms with E-state index >= 15 is 0 Å². The van der Waals surface area contributed by atoms with E-state index in [2.05, 4.69) is 14.2 Å². The van der Waals surface area contributed by atoms with Gasteiger partial charge in [-0.15, -0.1) is 0 Å². The summed E-state index contributed by atoms with van der Waals surface area (Å²) in [5.74, 6) is -8.28. The lowest BCUT2D eigenvalue weighted by Gasteiger charge is -2.17. The number of carboxylic acid groups (broad SMARTS) is 2. The average molecular weight is 508 g/mol. The quantitative estimate of drug-likeness (QED) is 0.158. The van der Waals surface area contributed by atoms with E-state index in [1.54, 1.807) is 0 Å². The second-order valence-electron chi connectivity index (χ2n) is 7.08. The van der Waals surface area contributed by atoms with Crippen LogP contribution < -0.4 is 0 Å². The van der Waals surface area contributed by atoms with Crippen LogP contribution >= 0.6 is 0 Å². The molecule has 0 aliphatic carbocycles. The summed E-state index contributed by atoms with van der Waals surface area (Å²) in [5.41, 5.74) is 0. The van der Waals surface area contributed by atoms with Gasteiger partial charge in [0.2, 0.25) is 0 Å². The molecule has 0 spiro atoms. The molecule has 0 aromatic carbocycles. The Bertz CT molecular complexity index is 804. The van der Waals surface area contributed by atoms with E-state index < -0.39 is 85.3 Å². The zero-order chi connectivity index (χ0) is 27.3. The summed E-state index contributed by atoms with van der Waals surface area (Å²) in [5, 5.41) is 17.4. The zero-order valence-corrected chi connectivity index (χ0v) is 19.7. The van der Waals surface area contributed by atoms with E-state index in [9.17, 15) is 33.6 Å². The van der Waals surface area contributed by atoms with Gasteiger partial charge in [-0.05, 0) is 34.6 Å². The fourth-order valence-electron chi connectivity index (χ4n) is 1.88. The molecule has 0 aliphatic heterocycles. The third-order valence-corrected chi connectivity index (χ3v) is 3.81. The van der Waals surface area contributed by atoms with Crippen molar-refractivity contribution in [3.8, 4) is 0 Å². The monoisotopic (exact) mass is 508 g/mol. The predicted molar refractivity (Wildman–Crippen MR) is 108 cm³/mol. The van der Waals surface area contributed by atoms with Crippen LogP contribution in [0.1, 0.15) is 41.0 Å². The minimum atomic E-state index is -1.54. The molecule has 0 saturated carbocycles. The number of carboxylic acids is 2. The molecule has 0 rings (SSSR count). The molecule has 15 heteroatoms. The van der Waals surface area contributed by atoms with Crippen molar-refractivity contribution in [3.63, 3.8) is 0 Å². The fourth-order valence-corrected chi connectivity index (χ4v) is 1.88. The Morgan fingerprint density at radius 1 is 0.600 bits per heavy atom. The minimum Gasteiger partial charge on any atom is -0.479 e. The van der Waals surface area contributed by atoms with Crippen LogP contribution in [0.15, 0.2) is 0 Å². The van der Waals surface area contributed by atoms with Crippen LogP contribution in [0.4, 0.5) is 0 Å². The normalized spacial score (nSPS) is 14.8. The van der Waals surface area contributed by atoms with Crippen LogP contribution in [0, 0.1) is 0 Å². The van der Waals surface area contributed by atoms with E-state index in [1.807, 2.05) is 0 Å². The number of hydrogen-bond donors (Lipinski definition) is 2. The van der Waals surface area contributed by atoms with E-state index in [1.165, 1.54) is 13.8 Å². The first-order valence-electron chi connectivity index (χ1n) is 10.2. The lowest BCUT2D eigenvalue weighted by atomic mass is 10.3. The molecule has 0 aromatic rings. The molecule has 5 atom stereocenters. The van der Waals surface area contributed by atoms with Gasteiger partial charge in [0.1, 0.15) is 12.5 Å². The van der Waals surface area contributed by atoms with Crippen LogP contribution in [0.5, 0.6) is 0 Å². The van der Waals surface area contributed by atoms with Gasteiger partial charge in [0.15, 0.2) is 31.0 Å². The molecule has 0 aliphatic rings. The van der Waals surface area contributed by atoms with Crippen LogP contribution in [-0.2, 0) is 62.0 Å². The van der Waals surface area contributed by atoms with Gasteiger partial charge in [0.25, 0.3) is 0 Å². The second kappa shape index (κ2) is 15.2. The largest absolute Gasteiger partial charge is 0.479 e. The Balaban J connectivity index is 4.35. The highest BCUT2D eigenvalue weighted by Crippen LogP contribution is 2.05. The Morgan fingerprint density at radius 2 is 1.09 bits per heavy atom. The van der Waals surface area contributed by atoms with E-state index in [0.717, 1.165) is 20.8 Å². The summed E-state index contributed by atoms with van der Waals surface area (Å²) in [4.78, 5) is 79.9. The fraction of sp³-hybridized carbons (Fsp3) is 0.650. The number of aliphatic carboxylic acids is 2. The third kappa shape index (κ3) is 13.5. The summed E-state index contributed by atoms with van der Waals surface area (Å²) in [6, 6.07) is 0. The van der Waals surface area contributed by atoms with Crippen molar-refractivity contribution in [1.82, 2.24) is 0 Å². The maximum absolute atomic E-state index is 11.9. The molecule has 35 heavy (non-hydrogen) atoms. The minimum absolute atomic E-state index is 0.220. The molecule has 0 radical (unpaired) electrons. The smallest absolute Gasteiger partial charge is 0.347 e. The molecule has 198 valence electrons. The Hall–Kier alpha value is -3.75. The van der Waals surface area contributed by atoms with Crippen molar-refractivity contribution in [3.05, 3.63) is 0 Å². The average Bonchev–Trinajstić information content (AvgIpc) is 2.75. The molecule has 0 amide bonds. The molecule has 0 bridgehead atoms. The number of ether oxygens (including phenoxy) is 6. The van der Waals surface area contributed by atoms with Crippen LogP contribution in [0.25, 0.3) is 0 Å². The number of carbonyl (C=O) groups is 7. The Kier molecular flexibility index (Phi) is 13.6. The van der Waals surface area contributed by atoms with Gasteiger partial charge in [-0.25, -0.2) is 24.0 Å². The lowest BCUT2D eigenvalue weighted by molar-refractivity contribution is -0.181. The van der Waals surface area contributed by atoms with Gasteiger partial charge >= 0.3 is 41.8 Å². The van der Waals surface area contributed by atoms with Crippen molar-refractivity contribution in [1.29, 1.82) is 0 Å². The van der Waals surface area contributed by atoms with Gasteiger partial charge in [0.05, 0.1) is 6.61 Å². The first-order valence-corrected chi connectivity index (χ1v) is 10.2.